The number of hydrogen-bond donors (Lipinski definition) is 1. The van der Waals surface area contributed by atoms with Gasteiger partial charge in [0, 0.05) is 22.9 Å². The van der Waals surface area contributed by atoms with Gasteiger partial charge in [0.1, 0.15) is 11.6 Å². The van der Waals surface area contributed by atoms with Crippen molar-refractivity contribution in [2.45, 2.75) is 26.3 Å². The molecule has 4 rings (SSSR count). The number of rotatable bonds is 6. The molecule has 0 aliphatic carbocycles. The van der Waals surface area contributed by atoms with Gasteiger partial charge in [-0.05, 0) is 30.7 Å². The molecule has 158 valence electrons. The van der Waals surface area contributed by atoms with Crippen LogP contribution in [0.5, 0.6) is 0 Å². The Morgan fingerprint density at radius 3 is 2.71 bits per heavy atom. The normalized spacial score (nSPS) is 11.1. The summed E-state index contributed by atoms with van der Waals surface area (Å²) in [6.07, 6.45) is 1.63. The molecule has 0 saturated heterocycles. The van der Waals surface area contributed by atoms with Crippen molar-refractivity contribution < 1.29 is 13.6 Å². The number of aromatic nitrogens is 3. The zero-order valence-electron chi connectivity index (χ0n) is 16.6. The number of amides is 1. The molecule has 6 nitrogen and oxygen atoms in total. The highest BCUT2D eigenvalue weighted by Crippen LogP contribution is 2.28. The fourth-order valence-electron chi connectivity index (χ4n) is 3.17. The average molecular weight is 440 g/mol. The number of nitrogens with zero attached hydrogens (tertiary/aromatic N) is 3. The van der Waals surface area contributed by atoms with Crippen LogP contribution in [0.1, 0.15) is 30.3 Å². The number of unbranched alkanes of at least 4 members (excludes halogenated alkanes) is 1. The SMILES string of the molecule is CCCCn1nc(C(=O)Nc2nc(-c3cc(F)ccc3F)cs2)c2ccccc2c1=O. The Labute approximate surface area is 180 Å². The minimum absolute atomic E-state index is 0.00781. The standard InChI is InChI=1S/C22H18F2N4O2S/c1-2-3-10-28-21(30)15-7-5-4-6-14(15)19(27-28)20(29)26-22-25-18(12-31-22)16-11-13(23)8-9-17(16)24/h4-9,11-12H,2-3,10H2,1H3,(H,25,26,29). The summed E-state index contributed by atoms with van der Waals surface area (Å²) in [5.41, 5.74) is 0.0650. The van der Waals surface area contributed by atoms with E-state index in [0.29, 0.717) is 17.3 Å². The first-order valence-electron chi connectivity index (χ1n) is 9.70. The van der Waals surface area contributed by atoms with Gasteiger partial charge in [-0.15, -0.1) is 11.3 Å². The summed E-state index contributed by atoms with van der Waals surface area (Å²) >= 11 is 1.08. The molecular formula is C22H18F2N4O2S. The predicted molar refractivity (Wildman–Crippen MR) is 116 cm³/mol. The maximum absolute atomic E-state index is 14.0. The Kier molecular flexibility index (Phi) is 5.85. The number of nitrogens with one attached hydrogen (secondary N) is 1. The molecule has 9 heteroatoms. The number of halogens is 2. The molecule has 1 amide bonds. The van der Waals surface area contributed by atoms with E-state index in [9.17, 15) is 18.4 Å². The molecule has 0 atom stereocenters. The molecule has 0 aliphatic heterocycles. The molecule has 0 saturated carbocycles. The second kappa shape index (κ2) is 8.73. The van der Waals surface area contributed by atoms with E-state index >= 15 is 0 Å². The second-order valence-electron chi connectivity index (χ2n) is 6.89. The first-order valence-corrected chi connectivity index (χ1v) is 10.6. The van der Waals surface area contributed by atoms with Crippen molar-refractivity contribution in [1.82, 2.24) is 14.8 Å². The molecule has 2 aromatic carbocycles. The van der Waals surface area contributed by atoms with Crippen molar-refractivity contribution in [2.75, 3.05) is 5.32 Å². The smallest absolute Gasteiger partial charge is 0.278 e. The first kappa shape index (κ1) is 20.8. The Morgan fingerprint density at radius 1 is 1.16 bits per heavy atom. The fraction of sp³-hybridized carbons (Fsp3) is 0.182. The Morgan fingerprint density at radius 2 is 1.94 bits per heavy atom. The fourth-order valence-corrected chi connectivity index (χ4v) is 3.87. The van der Waals surface area contributed by atoms with Crippen LogP contribution in [-0.2, 0) is 6.54 Å². The number of aryl methyl sites for hydroxylation is 1. The van der Waals surface area contributed by atoms with E-state index in [1.807, 2.05) is 6.92 Å². The number of carbonyl (C=O) groups excluding carboxylic acids is 1. The van der Waals surface area contributed by atoms with E-state index in [2.05, 4.69) is 15.4 Å². The highest BCUT2D eigenvalue weighted by Gasteiger charge is 2.18. The molecule has 0 bridgehead atoms. The zero-order valence-corrected chi connectivity index (χ0v) is 17.4. The third kappa shape index (κ3) is 4.22. The lowest BCUT2D eigenvalue weighted by Crippen LogP contribution is -2.27. The number of carbonyl (C=O) groups is 1. The van der Waals surface area contributed by atoms with Crippen molar-refractivity contribution in [1.29, 1.82) is 0 Å². The summed E-state index contributed by atoms with van der Waals surface area (Å²) < 4.78 is 28.8. The van der Waals surface area contributed by atoms with Crippen LogP contribution in [0, 0.1) is 11.6 Å². The van der Waals surface area contributed by atoms with Crippen molar-refractivity contribution in [3.63, 3.8) is 0 Å². The van der Waals surface area contributed by atoms with Gasteiger partial charge in [-0.1, -0.05) is 31.5 Å². The van der Waals surface area contributed by atoms with Crippen LogP contribution in [0.15, 0.2) is 52.6 Å². The third-order valence-electron chi connectivity index (χ3n) is 4.74. The van der Waals surface area contributed by atoms with E-state index in [-0.39, 0.29) is 27.6 Å². The topological polar surface area (TPSA) is 76.9 Å². The highest BCUT2D eigenvalue weighted by molar-refractivity contribution is 7.14. The van der Waals surface area contributed by atoms with Gasteiger partial charge < -0.3 is 0 Å². The maximum atomic E-state index is 14.0. The molecule has 0 radical (unpaired) electrons. The van der Waals surface area contributed by atoms with E-state index in [4.69, 9.17) is 0 Å². The summed E-state index contributed by atoms with van der Waals surface area (Å²) in [5.74, 6) is -1.73. The molecule has 2 aromatic heterocycles. The predicted octanol–water partition coefficient (Wildman–Crippen LogP) is 4.85. The lowest BCUT2D eigenvalue weighted by atomic mass is 10.1. The summed E-state index contributed by atoms with van der Waals surface area (Å²) in [7, 11) is 0. The van der Waals surface area contributed by atoms with Gasteiger partial charge in [0.25, 0.3) is 11.5 Å². The Bertz CT molecular complexity index is 1330. The quantitative estimate of drug-likeness (QED) is 0.465. The third-order valence-corrected chi connectivity index (χ3v) is 5.49. The van der Waals surface area contributed by atoms with Gasteiger partial charge in [0.05, 0.1) is 11.1 Å². The average Bonchev–Trinajstić information content (AvgIpc) is 3.23. The lowest BCUT2D eigenvalue weighted by Gasteiger charge is -2.10. The monoisotopic (exact) mass is 440 g/mol. The molecule has 0 fully saturated rings. The van der Waals surface area contributed by atoms with Crippen molar-refractivity contribution in [3.05, 3.63) is 75.5 Å². The Hall–Kier alpha value is -3.46. The van der Waals surface area contributed by atoms with Crippen LogP contribution < -0.4 is 10.9 Å². The van der Waals surface area contributed by atoms with Crippen LogP contribution in [0.2, 0.25) is 0 Å². The minimum Gasteiger partial charge on any atom is -0.296 e. The molecule has 2 heterocycles. The molecule has 4 aromatic rings. The maximum Gasteiger partial charge on any atom is 0.278 e. The second-order valence-corrected chi connectivity index (χ2v) is 7.75. The number of hydrogen-bond acceptors (Lipinski definition) is 5. The minimum atomic E-state index is -0.611. The first-order chi connectivity index (χ1) is 15.0. The van der Waals surface area contributed by atoms with Crippen LogP contribution in [0.4, 0.5) is 13.9 Å². The summed E-state index contributed by atoms with van der Waals surface area (Å²) in [5, 5.41) is 9.51. The molecule has 0 spiro atoms. The van der Waals surface area contributed by atoms with Crippen LogP contribution in [-0.4, -0.2) is 20.7 Å². The largest absolute Gasteiger partial charge is 0.296 e. The van der Waals surface area contributed by atoms with E-state index in [0.717, 1.165) is 42.4 Å². The van der Waals surface area contributed by atoms with Crippen LogP contribution in [0.3, 0.4) is 0 Å². The molecule has 0 unspecified atom stereocenters. The van der Waals surface area contributed by atoms with E-state index in [1.165, 1.54) is 10.1 Å². The summed E-state index contributed by atoms with van der Waals surface area (Å²) in [6.45, 7) is 2.40. The zero-order chi connectivity index (χ0) is 22.0. The van der Waals surface area contributed by atoms with Gasteiger partial charge in [0.15, 0.2) is 10.8 Å². The van der Waals surface area contributed by atoms with Gasteiger partial charge >= 0.3 is 0 Å². The molecular weight excluding hydrogens is 422 g/mol. The van der Waals surface area contributed by atoms with Crippen molar-refractivity contribution in [2.24, 2.45) is 0 Å². The van der Waals surface area contributed by atoms with Gasteiger partial charge in [-0.3, -0.25) is 14.9 Å². The van der Waals surface area contributed by atoms with Gasteiger partial charge in [0.2, 0.25) is 0 Å². The van der Waals surface area contributed by atoms with Gasteiger partial charge in [-0.25, -0.2) is 18.4 Å². The molecule has 0 aliphatic rings. The molecule has 31 heavy (non-hydrogen) atoms. The number of anilines is 1. The summed E-state index contributed by atoms with van der Waals surface area (Å²) in [4.78, 5) is 29.9. The van der Waals surface area contributed by atoms with Gasteiger partial charge in [-0.2, -0.15) is 5.10 Å². The van der Waals surface area contributed by atoms with Crippen molar-refractivity contribution in [3.8, 4) is 11.3 Å². The number of thiazole rings is 1. The highest BCUT2D eigenvalue weighted by atomic mass is 32.1. The van der Waals surface area contributed by atoms with Crippen LogP contribution in [0.25, 0.3) is 22.0 Å². The summed E-state index contributed by atoms with van der Waals surface area (Å²) in [6, 6.07) is 9.89. The van der Waals surface area contributed by atoms with E-state index < -0.39 is 17.5 Å². The molecule has 1 N–H and O–H groups in total. The Balaban J connectivity index is 1.68. The number of fused-ring (bicyclic) bond motifs is 1. The van der Waals surface area contributed by atoms with Crippen molar-refractivity contribution >= 4 is 33.1 Å². The van der Waals surface area contributed by atoms with Crippen LogP contribution >= 0.6 is 11.3 Å². The number of benzene rings is 2. The van der Waals surface area contributed by atoms with E-state index in [1.54, 1.807) is 24.3 Å². The lowest BCUT2D eigenvalue weighted by molar-refractivity contribution is 0.102.